The van der Waals surface area contributed by atoms with Crippen LogP contribution >= 0.6 is 0 Å². The Morgan fingerprint density at radius 2 is 1.69 bits per heavy atom. The Bertz CT molecular complexity index is 402. The summed E-state index contributed by atoms with van der Waals surface area (Å²) in [5, 5.41) is 3.93. The van der Waals surface area contributed by atoms with Crippen LogP contribution in [0.3, 0.4) is 0 Å². The third-order valence-corrected chi connectivity index (χ3v) is 4.64. The second-order valence-electron chi connectivity index (χ2n) is 6.38. The molecule has 1 saturated carbocycles. The van der Waals surface area contributed by atoms with Gasteiger partial charge in [0.15, 0.2) is 5.82 Å². The summed E-state index contributed by atoms with van der Waals surface area (Å²) in [4.78, 5) is 0. The number of rotatable bonds is 2. The second kappa shape index (κ2) is 3.02. The van der Waals surface area contributed by atoms with Gasteiger partial charge >= 0.3 is 0 Å². The lowest BCUT2D eigenvalue weighted by Gasteiger charge is -2.06. The van der Waals surface area contributed by atoms with Crippen LogP contribution in [0.1, 0.15) is 64.7 Å². The molecule has 0 amide bonds. The van der Waals surface area contributed by atoms with Crippen LogP contribution in [0, 0.1) is 10.8 Å². The van der Waals surface area contributed by atoms with Crippen molar-refractivity contribution in [3.05, 3.63) is 11.3 Å². The lowest BCUT2D eigenvalue weighted by atomic mass is 9.98. The zero-order valence-electron chi connectivity index (χ0n) is 11.1. The zero-order chi connectivity index (χ0) is 12.3. The highest BCUT2D eigenvalue weighted by Crippen LogP contribution is 2.74. The van der Waals surface area contributed by atoms with E-state index in [1.54, 1.807) is 0 Å². The van der Waals surface area contributed by atoms with Crippen LogP contribution in [0.2, 0.25) is 0 Å². The summed E-state index contributed by atoms with van der Waals surface area (Å²) in [5.74, 6) is 2.36. The topological polar surface area (TPSA) is 52.0 Å². The van der Waals surface area contributed by atoms with Crippen LogP contribution in [-0.4, -0.2) is 5.16 Å². The summed E-state index contributed by atoms with van der Waals surface area (Å²) in [7, 11) is 0. The van der Waals surface area contributed by atoms with Crippen molar-refractivity contribution in [3.63, 3.8) is 0 Å². The fraction of sp³-hybridized carbons (Fsp3) is 0.769. The van der Waals surface area contributed by atoms with Crippen LogP contribution in [0.25, 0.3) is 0 Å². The minimum absolute atomic E-state index is 0.266. The zero-order valence-corrected chi connectivity index (χ0v) is 11.1. The molecule has 0 spiro atoms. The maximum absolute atomic E-state index is 5.88. The summed E-state index contributed by atoms with van der Waals surface area (Å²) in [6.45, 7) is 13.4. The van der Waals surface area contributed by atoms with E-state index < -0.39 is 0 Å². The van der Waals surface area contributed by atoms with Gasteiger partial charge in [0, 0.05) is 11.5 Å². The number of hydrogen-bond donors (Lipinski definition) is 1. The van der Waals surface area contributed by atoms with Gasteiger partial charge in [-0.25, -0.2) is 0 Å². The minimum atomic E-state index is 0.266. The molecule has 0 aromatic carbocycles. The van der Waals surface area contributed by atoms with Gasteiger partial charge in [-0.2, -0.15) is 0 Å². The summed E-state index contributed by atoms with van der Waals surface area (Å²) in [6.07, 6.45) is 0. The van der Waals surface area contributed by atoms with Gasteiger partial charge in [0.05, 0.1) is 0 Å². The van der Waals surface area contributed by atoms with E-state index in [-0.39, 0.29) is 10.8 Å². The maximum Gasteiger partial charge on any atom is 0.170 e. The number of nitrogens with two attached hydrogens (primary N) is 1. The molecule has 2 rings (SSSR count). The van der Waals surface area contributed by atoms with Crippen LogP contribution in [0.15, 0.2) is 4.52 Å². The van der Waals surface area contributed by atoms with Crippen molar-refractivity contribution in [3.8, 4) is 0 Å². The van der Waals surface area contributed by atoms with E-state index in [0.717, 1.165) is 11.3 Å². The molecule has 90 valence electrons. The third-order valence-electron chi connectivity index (χ3n) is 4.64. The first-order valence-electron chi connectivity index (χ1n) is 5.96. The summed E-state index contributed by atoms with van der Waals surface area (Å²) >= 11 is 0. The molecule has 0 radical (unpaired) electrons. The fourth-order valence-electron chi connectivity index (χ4n) is 2.96. The maximum atomic E-state index is 5.88. The summed E-state index contributed by atoms with van der Waals surface area (Å²) in [6, 6.07) is 0. The average Bonchev–Trinajstić information content (AvgIpc) is 2.42. The van der Waals surface area contributed by atoms with Crippen molar-refractivity contribution in [1.82, 2.24) is 5.16 Å². The molecule has 0 aliphatic heterocycles. The predicted molar refractivity (Wildman–Crippen MR) is 65.3 cm³/mol. The van der Waals surface area contributed by atoms with Crippen molar-refractivity contribution in [2.24, 2.45) is 10.8 Å². The monoisotopic (exact) mass is 222 g/mol. The molecule has 3 nitrogen and oxygen atoms in total. The van der Waals surface area contributed by atoms with Crippen molar-refractivity contribution in [2.75, 3.05) is 5.73 Å². The minimum Gasteiger partial charge on any atom is -0.381 e. The van der Waals surface area contributed by atoms with Gasteiger partial charge in [0.1, 0.15) is 5.76 Å². The van der Waals surface area contributed by atoms with Crippen molar-refractivity contribution >= 4 is 5.82 Å². The molecular formula is C13H22N2O. The molecule has 1 heterocycles. The van der Waals surface area contributed by atoms with E-state index in [1.165, 1.54) is 0 Å². The van der Waals surface area contributed by atoms with Gasteiger partial charge in [-0.15, -0.1) is 0 Å². The molecule has 1 aromatic heterocycles. The van der Waals surface area contributed by atoms with E-state index in [2.05, 4.69) is 46.7 Å². The standard InChI is InChI=1S/C13H22N2O/c1-7(2)8-9(16-15-11(8)14)10-12(3,4)13(10,5)6/h7,10H,1-6H3,(H2,14,15). The molecule has 3 heteroatoms. The number of nitrogen functional groups attached to an aromatic ring is 1. The van der Waals surface area contributed by atoms with E-state index in [0.29, 0.717) is 17.7 Å². The van der Waals surface area contributed by atoms with E-state index in [9.17, 15) is 0 Å². The van der Waals surface area contributed by atoms with Crippen LogP contribution in [0.4, 0.5) is 5.82 Å². The fourth-order valence-corrected chi connectivity index (χ4v) is 2.96. The Hall–Kier alpha value is -0.990. The van der Waals surface area contributed by atoms with Gasteiger partial charge in [-0.05, 0) is 16.7 Å². The lowest BCUT2D eigenvalue weighted by Crippen LogP contribution is -1.98. The average molecular weight is 222 g/mol. The van der Waals surface area contributed by atoms with E-state index in [4.69, 9.17) is 10.3 Å². The highest BCUT2D eigenvalue weighted by molar-refractivity contribution is 5.47. The third kappa shape index (κ3) is 1.23. The number of aromatic nitrogens is 1. The Morgan fingerprint density at radius 1 is 1.19 bits per heavy atom. The molecule has 0 unspecified atom stereocenters. The molecular weight excluding hydrogens is 200 g/mol. The Balaban J connectivity index is 2.45. The SMILES string of the molecule is CC(C)c1c(N)noc1C1C(C)(C)C1(C)C. The summed E-state index contributed by atoms with van der Waals surface area (Å²) in [5.41, 5.74) is 7.51. The molecule has 2 N–H and O–H groups in total. The van der Waals surface area contributed by atoms with Crippen molar-refractivity contribution in [2.45, 2.75) is 53.4 Å². The largest absolute Gasteiger partial charge is 0.381 e. The quantitative estimate of drug-likeness (QED) is 0.832. The van der Waals surface area contributed by atoms with Crippen molar-refractivity contribution in [1.29, 1.82) is 0 Å². The molecule has 0 atom stereocenters. The Morgan fingerprint density at radius 3 is 2.06 bits per heavy atom. The van der Waals surface area contributed by atoms with Gasteiger partial charge in [0.25, 0.3) is 0 Å². The second-order valence-corrected chi connectivity index (χ2v) is 6.38. The molecule has 16 heavy (non-hydrogen) atoms. The van der Waals surface area contributed by atoms with Crippen LogP contribution in [-0.2, 0) is 0 Å². The highest BCUT2D eigenvalue weighted by Gasteiger charge is 2.67. The molecule has 0 saturated heterocycles. The molecule has 0 bridgehead atoms. The highest BCUT2D eigenvalue weighted by atomic mass is 16.5. The van der Waals surface area contributed by atoms with Crippen LogP contribution < -0.4 is 5.73 Å². The number of hydrogen-bond acceptors (Lipinski definition) is 3. The van der Waals surface area contributed by atoms with Crippen molar-refractivity contribution < 1.29 is 4.52 Å². The molecule has 1 fully saturated rings. The molecule has 1 aliphatic carbocycles. The predicted octanol–water partition coefficient (Wildman–Crippen LogP) is 3.53. The van der Waals surface area contributed by atoms with Gasteiger partial charge in [0.2, 0.25) is 0 Å². The van der Waals surface area contributed by atoms with Gasteiger partial charge in [-0.3, -0.25) is 0 Å². The summed E-state index contributed by atoms with van der Waals surface area (Å²) < 4.78 is 5.48. The lowest BCUT2D eigenvalue weighted by molar-refractivity contribution is 0.370. The first kappa shape index (κ1) is 11.5. The normalized spacial score (nSPS) is 22.7. The van der Waals surface area contributed by atoms with Crippen LogP contribution in [0.5, 0.6) is 0 Å². The Kier molecular flexibility index (Phi) is 2.17. The first-order valence-corrected chi connectivity index (χ1v) is 5.96. The smallest absolute Gasteiger partial charge is 0.170 e. The first-order chi connectivity index (χ1) is 7.21. The van der Waals surface area contributed by atoms with Gasteiger partial charge < -0.3 is 10.3 Å². The number of anilines is 1. The van der Waals surface area contributed by atoms with Gasteiger partial charge in [-0.1, -0.05) is 46.7 Å². The Labute approximate surface area is 97.4 Å². The number of nitrogens with zero attached hydrogens (tertiary/aromatic N) is 1. The molecule has 1 aromatic rings. The molecule has 1 aliphatic rings. The van der Waals surface area contributed by atoms with E-state index >= 15 is 0 Å². The van der Waals surface area contributed by atoms with E-state index in [1.807, 2.05) is 0 Å².